The van der Waals surface area contributed by atoms with Crippen LogP contribution >= 0.6 is 0 Å². The largest absolute Gasteiger partial charge is 0.351 e. The smallest absolute Gasteiger partial charge is 0.318 e. The molecule has 1 saturated heterocycles. The Hall–Kier alpha value is -1.92. The third-order valence-electron chi connectivity index (χ3n) is 4.45. The standard InChI is InChI=1S/C17H26N4O2/c1-13(16(22)19-17(18)23)20(2)10-15-8-9-21(12-15)11-14-6-4-3-5-7-14/h3-7,13,15H,8-12H2,1-2H3,(H3,18,19,22,23). The van der Waals surface area contributed by atoms with Gasteiger partial charge in [-0.3, -0.25) is 19.9 Å². The van der Waals surface area contributed by atoms with Gasteiger partial charge < -0.3 is 5.73 Å². The van der Waals surface area contributed by atoms with Gasteiger partial charge in [-0.15, -0.1) is 0 Å². The second kappa shape index (κ2) is 8.08. The number of likely N-dealkylation sites (N-methyl/N-ethyl adjacent to an activating group) is 1. The molecule has 0 aliphatic carbocycles. The van der Waals surface area contributed by atoms with E-state index in [-0.39, 0.29) is 11.9 Å². The van der Waals surface area contributed by atoms with Crippen LogP contribution in [0.4, 0.5) is 4.79 Å². The fourth-order valence-electron chi connectivity index (χ4n) is 3.04. The fraction of sp³-hybridized carbons (Fsp3) is 0.529. The summed E-state index contributed by atoms with van der Waals surface area (Å²) in [5.74, 6) is 0.187. The molecule has 126 valence electrons. The van der Waals surface area contributed by atoms with Crippen LogP contribution in [-0.4, -0.2) is 54.5 Å². The Morgan fingerprint density at radius 3 is 2.74 bits per heavy atom. The minimum atomic E-state index is -0.801. The lowest BCUT2D eigenvalue weighted by atomic mass is 10.1. The summed E-state index contributed by atoms with van der Waals surface area (Å²) in [5.41, 5.74) is 6.32. The van der Waals surface area contributed by atoms with Crippen molar-refractivity contribution in [2.24, 2.45) is 11.7 Å². The first-order chi connectivity index (χ1) is 11.0. The number of carbonyl (C=O) groups excluding carboxylic acids is 2. The number of benzene rings is 1. The minimum Gasteiger partial charge on any atom is -0.351 e. The third-order valence-corrected chi connectivity index (χ3v) is 4.45. The summed E-state index contributed by atoms with van der Waals surface area (Å²) in [5, 5.41) is 2.14. The topological polar surface area (TPSA) is 78.7 Å². The number of hydrogen-bond acceptors (Lipinski definition) is 4. The second-order valence-corrected chi connectivity index (χ2v) is 6.34. The number of rotatable bonds is 6. The van der Waals surface area contributed by atoms with E-state index in [2.05, 4.69) is 34.5 Å². The lowest BCUT2D eigenvalue weighted by Crippen LogP contribution is -2.48. The maximum Gasteiger partial charge on any atom is 0.318 e. The van der Waals surface area contributed by atoms with Crippen molar-refractivity contribution in [2.75, 3.05) is 26.7 Å². The van der Waals surface area contributed by atoms with Crippen LogP contribution in [0.1, 0.15) is 18.9 Å². The van der Waals surface area contributed by atoms with Crippen LogP contribution < -0.4 is 11.1 Å². The maximum atomic E-state index is 11.8. The van der Waals surface area contributed by atoms with Crippen LogP contribution in [0.5, 0.6) is 0 Å². The van der Waals surface area contributed by atoms with E-state index in [4.69, 9.17) is 5.73 Å². The number of amides is 3. The number of carbonyl (C=O) groups is 2. The Morgan fingerprint density at radius 2 is 2.09 bits per heavy atom. The van der Waals surface area contributed by atoms with Crippen molar-refractivity contribution >= 4 is 11.9 Å². The molecule has 1 fully saturated rings. The van der Waals surface area contributed by atoms with E-state index in [9.17, 15) is 9.59 Å². The first-order valence-electron chi connectivity index (χ1n) is 8.02. The molecule has 3 amide bonds. The Labute approximate surface area is 137 Å². The van der Waals surface area contributed by atoms with Gasteiger partial charge in [0.15, 0.2) is 0 Å². The monoisotopic (exact) mass is 318 g/mol. The first kappa shape index (κ1) is 17.4. The zero-order valence-electron chi connectivity index (χ0n) is 13.9. The summed E-state index contributed by atoms with van der Waals surface area (Å²) in [4.78, 5) is 27.0. The summed E-state index contributed by atoms with van der Waals surface area (Å²) >= 11 is 0. The highest BCUT2D eigenvalue weighted by Crippen LogP contribution is 2.20. The summed E-state index contributed by atoms with van der Waals surface area (Å²) in [6, 6.07) is 9.29. The van der Waals surface area contributed by atoms with E-state index in [1.807, 2.05) is 18.0 Å². The number of likely N-dealkylation sites (tertiary alicyclic amines) is 1. The Kier molecular flexibility index (Phi) is 6.12. The van der Waals surface area contributed by atoms with Crippen LogP contribution in [0.3, 0.4) is 0 Å². The lowest BCUT2D eigenvalue weighted by molar-refractivity contribution is -0.124. The molecule has 0 aromatic heterocycles. The van der Waals surface area contributed by atoms with Gasteiger partial charge in [0.1, 0.15) is 0 Å². The van der Waals surface area contributed by atoms with Crippen LogP contribution in [-0.2, 0) is 11.3 Å². The number of imide groups is 1. The average molecular weight is 318 g/mol. The third kappa shape index (κ3) is 5.33. The van der Waals surface area contributed by atoms with E-state index in [0.29, 0.717) is 5.92 Å². The number of nitrogens with zero attached hydrogens (tertiary/aromatic N) is 2. The summed E-state index contributed by atoms with van der Waals surface area (Å²) in [7, 11) is 1.91. The average Bonchev–Trinajstić information content (AvgIpc) is 2.93. The molecular weight excluding hydrogens is 292 g/mol. The molecule has 0 saturated carbocycles. The molecule has 0 bridgehead atoms. The van der Waals surface area contributed by atoms with Crippen molar-refractivity contribution < 1.29 is 9.59 Å². The molecule has 23 heavy (non-hydrogen) atoms. The molecular formula is C17H26N4O2. The van der Waals surface area contributed by atoms with Crippen LogP contribution in [0.2, 0.25) is 0 Å². The summed E-state index contributed by atoms with van der Waals surface area (Å²) in [6.07, 6.45) is 1.13. The number of nitrogens with one attached hydrogen (secondary N) is 1. The molecule has 0 radical (unpaired) electrons. The molecule has 1 aliphatic rings. The van der Waals surface area contributed by atoms with Gasteiger partial charge in [0.05, 0.1) is 6.04 Å². The predicted molar refractivity (Wildman–Crippen MR) is 89.6 cm³/mol. The Bertz CT molecular complexity index is 535. The zero-order chi connectivity index (χ0) is 16.8. The number of hydrogen-bond donors (Lipinski definition) is 2. The summed E-state index contributed by atoms with van der Waals surface area (Å²) in [6.45, 7) is 5.70. The fourth-order valence-corrected chi connectivity index (χ4v) is 3.04. The zero-order valence-corrected chi connectivity index (χ0v) is 13.9. The molecule has 0 spiro atoms. The normalized spacial score (nSPS) is 19.7. The van der Waals surface area contributed by atoms with E-state index in [1.165, 1.54) is 5.56 Å². The highest BCUT2D eigenvalue weighted by atomic mass is 16.2. The number of nitrogens with two attached hydrogens (primary N) is 1. The second-order valence-electron chi connectivity index (χ2n) is 6.34. The molecule has 1 aromatic carbocycles. The predicted octanol–water partition coefficient (Wildman–Crippen LogP) is 1.02. The quantitative estimate of drug-likeness (QED) is 0.821. The van der Waals surface area contributed by atoms with Gasteiger partial charge in [0, 0.05) is 19.6 Å². The number of urea groups is 1. The summed E-state index contributed by atoms with van der Waals surface area (Å²) < 4.78 is 0. The molecule has 2 atom stereocenters. The van der Waals surface area contributed by atoms with Gasteiger partial charge in [-0.1, -0.05) is 30.3 Å². The van der Waals surface area contributed by atoms with E-state index < -0.39 is 6.03 Å². The van der Waals surface area contributed by atoms with Gasteiger partial charge >= 0.3 is 6.03 Å². The Morgan fingerprint density at radius 1 is 1.39 bits per heavy atom. The van der Waals surface area contributed by atoms with Crippen molar-refractivity contribution in [2.45, 2.75) is 25.9 Å². The van der Waals surface area contributed by atoms with Gasteiger partial charge in [-0.2, -0.15) is 0 Å². The number of primary amides is 1. The van der Waals surface area contributed by atoms with Gasteiger partial charge in [-0.05, 0) is 38.4 Å². The van der Waals surface area contributed by atoms with Crippen LogP contribution in [0.15, 0.2) is 30.3 Å². The highest BCUT2D eigenvalue weighted by molar-refractivity contribution is 5.96. The van der Waals surface area contributed by atoms with E-state index in [0.717, 1.165) is 32.6 Å². The molecule has 1 aromatic rings. The van der Waals surface area contributed by atoms with E-state index in [1.54, 1.807) is 6.92 Å². The minimum absolute atomic E-state index is 0.348. The first-order valence-corrected chi connectivity index (χ1v) is 8.02. The van der Waals surface area contributed by atoms with Crippen molar-refractivity contribution in [1.82, 2.24) is 15.1 Å². The Balaban J connectivity index is 1.78. The highest BCUT2D eigenvalue weighted by Gasteiger charge is 2.27. The molecule has 6 nitrogen and oxygen atoms in total. The molecule has 2 rings (SSSR count). The maximum absolute atomic E-state index is 11.8. The molecule has 2 unspecified atom stereocenters. The van der Waals surface area contributed by atoms with Crippen molar-refractivity contribution in [3.05, 3.63) is 35.9 Å². The van der Waals surface area contributed by atoms with Crippen molar-refractivity contribution in [3.8, 4) is 0 Å². The molecule has 6 heteroatoms. The van der Waals surface area contributed by atoms with Gasteiger partial charge in [0.2, 0.25) is 5.91 Å². The van der Waals surface area contributed by atoms with Crippen molar-refractivity contribution in [1.29, 1.82) is 0 Å². The SMILES string of the molecule is CC(C(=O)NC(N)=O)N(C)CC1CCN(Cc2ccccc2)C1. The van der Waals surface area contributed by atoms with E-state index >= 15 is 0 Å². The molecule has 1 aliphatic heterocycles. The van der Waals surface area contributed by atoms with Crippen molar-refractivity contribution in [3.63, 3.8) is 0 Å². The lowest BCUT2D eigenvalue weighted by Gasteiger charge is -2.26. The molecule has 3 N–H and O–H groups in total. The van der Waals surface area contributed by atoms with Crippen LogP contribution in [0.25, 0.3) is 0 Å². The van der Waals surface area contributed by atoms with Gasteiger partial charge in [0.25, 0.3) is 0 Å². The van der Waals surface area contributed by atoms with Crippen LogP contribution in [0, 0.1) is 5.92 Å². The van der Waals surface area contributed by atoms with Gasteiger partial charge in [-0.25, -0.2) is 4.79 Å². The molecule has 1 heterocycles.